The molecule has 2 nitrogen and oxygen atoms in total. The highest BCUT2D eigenvalue weighted by Gasteiger charge is 2.20. The van der Waals surface area contributed by atoms with Gasteiger partial charge in [0.25, 0.3) is 0 Å². The average molecular weight is 361 g/mol. The van der Waals surface area contributed by atoms with Crippen LogP contribution in [0.2, 0.25) is 5.02 Å². The van der Waals surface area contributed by atoms with Crippen LogP contribution in [0, 0.1) is 5.82 Å². The predicted octanol–water partition coefficient (Wildman–Crippen LogP) is 5.02. The Morgan fingerprint density at radius 3 is 2.62 bits per heavy atom. The number of hydrogen-bond acceptors (Lipinski definition) is 3. The van der Waals surface area contributed by atoms with Crippen LogP contribution < -0.4 is 4.90 Å². The molecular weight excluding hydrogens is 343 g/mol. The molecule has 1 saturated heterocycles. The highest BCUT2D eigenvalue weighted by atomic mass is 35.5. The van der Waals surface area contributed by atoms with Crippen molar-refractivity contribution in [2.75, 3.05) is 31.1 Å². The number of halogens is 2. The maximum Gasteiger partial charge on any atom is 0.146 e. The van der Waals surface area contributed by atoms with Crippen molar-refractivity contribution in [2.24, 2.45) is 0 Å². The van der Waals surface area contributed by atoms with Gasteiger partial charge in [0.1, 0.15) is 5.82 Å². The third-order valence-corrected chi connectivity index (χ3v) is 5.82. The van der Waals surface area contributed by atoms with Crippen LogP contribution in [0.5, 0.6) is 0 Å². The number of fused-ring (bicyclic) bond motifs is 1. The van der Waals surface area contributed by atoms with Crippen molar-refractivity contribution >= 4 is 38.7 Å². The molecule has 1 aliphatic heterocycles. The molecule has 0 amide bonds. The zero-order valence-electron chi connectivity index (χ0n) is 13.2. The van der Waals surface area contributed by atoms with Gasteiger partial charge in [-0.1, -0.05) is 23.7 Å². The van der Waals surface area contributed by atoms with Gasteiger partial charge in [0.05, 0.1) is 5.69 Å². The van der Waals surface area contributed by atoms with Gasteiger partial charge in [0, 0.05) is 42.4 Å². The van der Waals surface area contributed by atoms with Crippen LogP contribution in [-0.4, -0.2) is 31.1 Å². The number of piperazine rings is 1. The zero-order chi connectivity index (χ0) is 16.5. The fourth-order valence-electron chi connectivity index (χ4n) is 3.27. The van der Waals surface area contributed by atoms with Gasteiger partial charge in [-0.25, -0.2) is 4.39 Å². The quantitative estimate of drug-likeness (QED) is 0.647. The summed E-state index contributed by atoms with van der Waals surface area (Å²) in [6.45, 7) is 4.50. The van der Waals surface area contributed by atoms with Crippen molar-refractivity contribution in [2.45, 2.75) is 6.54 Å². The molecule has 1 aliphatic rings. The molecule has 0 atom stereocenters. The SMILES string of the molecule is Fc1ccccc1N1CCN(Cc2csc3ccc(Cl)cc23)CC1. The molecule has 5 heteroatoms. The Morgan fingerprint density at radius 1 is 1.04 bits per heavy atom. The summed E-state index contributed by atoms with van der Waals surface area (Å²) in [4.78, 5) is 4.56. The molecule has 2 aromatic carbocycles. The molecule has 1 aromatic heterocycles. The summed E-state index contributed by atoms with van der Waals surface area (Å²) < 4.78 is 15.2. The molecule has 24 heavy (non-hydrogen) atoms. The second-order valence-corrected chi connectivity index (χ2v) is 7.46. The Kier molecular flexibility index (Phi) is 4.44. The number of thiophene rings is 1. The molecular formula is C19H18ClFN2S. The molecule has 0 saturated carbocycles. The van der Waals surface area contributed by atoms with Crippen LogP contribution in [0.15, 0.2) is 47.8 Å². The molecule has 3 aromatic rings. The zero-order valence-corrected chi connectivity index (χ0v) is 14.8. The van der Waals surface area contributed by atoms with E-state index in [9.17, 15) is 4.39 Å². The van der Waals surface area contributed by atoms with Crippen molar-refractivity contribution in [3.05, 3.63) is 64.2 Å². The van der Waals surface area contributed by atoms with Gasteiger partial charge < -0.3 is 4.90 Å². The van der Waals surface area contributed by atoms with Crippen LogP contribution in [0.3, 0.4) is 0 Å². The van der Waals surface area contributed by atoms with Crippen LogP contribution in [0.4, 0.5) is 10.1 Å². The minimum atomic E-state index is -0.135. The lowest BCUT2D eigenvalue weighted by Gasteiger charge is -2.36. The van der Waals surface area contributed by atoms with Crippen LogP contribution >= 0.6 is 22.9 Å². The van der Waals surface area contributed by atoms with E-state index >= 15 is 0 Å². The third-order valence-electron chi connectivity index (χ3n) is 4.58. The van der Waals surface area contributed by atoms with Gasteiger partial charge in [-0.15, -0.1) is 11.3 Å². The normalized spacial score (nSPS) is 16.0. The van der Waals surface area contributed by atoms with Crippen molar-refractivity contribution in [3.8, 4) is 0 Å². The van der Waals surface area contributed by atoms with Crippen LogP contribution in [-0.2, 0) is 6.54 Å². The maximum absolute atomic E-state index is 13.9. The van der Waals surface area contributed by atoms with Gasteiger partial charge in [0.15, 0.2) is 0 Å². The minimum absolute atomic E-state index is 0.135. The molecule has 0 spiro atoms. The number of benzene rings is 2. The summed E-state index contributed by atoms with van der Waals surface area (Å²) in [5, 5.41) is 4.26. The summed E-state index contributed by atoms with van der Waals surface area (Å²) in [7, 11) is 0. The molecule has 0 aliphatic carbocycles. The van der Waals surface area contributed by atoms with E-state index in [0.717, 1.165) is 37.7 Å². The average Bonchev–Trinajstić information content (AvgIpc) is 2.98. The maximum atomic E-state index is 13.9. The van der Waals surface area contributed by atoms with Gasteiger partial charge in [-0.3, -0.25) is 4.90 Å². The van der Waals surface area contributed by atoms with E-state index in [1.807, 2.05) is 18.2 Å². The topological polar surface area (TPSA) is 6.48 Å². The first-order valence-corrected chi connectivity index (χ1v) is 9.34. The lowest BCUT2D eigenvalue weighted by molar-refractivity contribution is 0.250. The second-order valence-electron chi connectivity index (χ2n) is 6.12. The van der Waals surface area contributed by atoms with E-state index in [1.54, 1.807) is 17.4 Å². The molecule has 0 unspecified atom stereocenters. The highest BCUT2D eigenvalue weighted by molar-refractivity contribution is 7.17. The molecule has 2 heterocycles. The van der Waals surface area contributed by atoms with E-state index in [0.29, 0.717) is 5.69 Å². The fraction of sp³-hybridized carbons (Fsp3) is 0.263. The lowest BCUT2D eigenvalue weighted by Crippen LogP contribution is -2.46. The molecule has 1 fully saturated rings. The van der Waals surface area contributed by atoms with Crippen LogP contribution in [0.25, 0.3) is 10.1 Å². The number of hydrogen-bond donors (Lipinski definition) is 0. The molecule has 0 radical (unpaired) electrons. The first kappa shape index (κ1) is 15.9. The van der Waals surface area contributed by atoms with E-state index in [2.05, 4.69) is 27.3 Å². The van der Waals surface area contributed by atoms with Crippen molar-refractivity contribution in [1.82, 2.24) is 4.90 Å². The first-order chi connectivity index (χ1) is 11.7. The minimum Gasteiger partial charge on any atom is -0.367 e. The van der Waals surface area contributed by atoms with Gasteiger partial charge in [-0.05, 0) is 46.7 Å². The van der Waals surface area contributed by atoms with E-state index in [-0.39, 0.29) is 5.82 Å². The first-order valence-electron chi connectivity index (χ1n) is 8.08. The van der Waals surface area contributed by atoms with E-state index < -0.39 is 0 Å². The standard InChI is InChI=1S/C19H18ClFN2S/c20-15-5-6-19-16(11-15)14(13-24-19)12-22-7-9-23(10-8-22)18-4-2-1-3-17(18)21/h1-6,11,13H,7-10,12H2. The largest absolute Gasteiger partial charge is 0.367 e. The predicted molar refractivity (Wildman–Crippen MR) is 101 cm³/mol. The van der Waals surface area contributed by atoms with Crippen molar-refractivity contribution < 1.29 is 4.39 Å². The monoisotopic (exact) mass is 360 g/mol. The van der Waals surface area contributed by atoms with Crippen molar-refractivity contribution in [3.63, 3.8) is 0 Å². The fourth-order valence-corrected chi connectivity index (χ4v) is 4.38. The summed E-state index contributed by atoms with van der Waals surface area (Å²) in [5.74, 6) is -0.135. The smallest absolute Gasteiger partial charge is 0.146 e. The third kappa shape index (κ3) is 3.14. The van der Waals surface area contributed by atoms with E-state index in [1.165, 1.54) is 21.7 Å². The van der Waals surface area contributed by atoms with Crippen molar-refractivity contribution in [1.29, 1.82) is 0 Å². The van der Waals surface area contributed by atoms with E-state index in [4.69, 9.17) is 11.6 Å². The summed E-state index contributed by atoms with van der Waals surface area (Å²) in [6, 6.07) is 13.1. The molecule has 124 valence electrons. The van der Waals surface area contributed by atoms with Crippen LogP contribution in [0.1, 0.15) is 5.56 Å². The number of rotatable bonds is 3. The van der Waals surface area contributed by atoms with Gasteiger partial charge >= 0.3 is 0 Å². The second kappa shape index (κ2) is 6.71. The Bertz CT molecular complexity index is 855. The Morgan fingerprint density at radius 2 is 1.83 bits per heavy atom. The molecule has 0 bridgehead atoms. The molecule has 0 N–H and O–H groups in total. The highest BCUT2D eigenvalue weighted by Crippen LogP contribution is 2.30. The Hall–Kier alpha value is -1.62. The number of nitrogens with zero attached hydrogens (tertiary/aromatic N) is 2. The lowest BCUT2D eigenvalue weighted by atomic mass is 10.1. The number of para-hydroxylation sites is 1. The molecule has 4 rings (SSSR count). The number of anilines is 1. The summed E-state index contributed by atoms with van der Waals surface area (Å²) >= 11 is 7.91. The Balaban J connectivity index is 1.44. The van der Waals surface area contributed by atoms with Gasteiger partial charge in [0.2, 0.25) is 0 Å². The summed E-state index contributed by atoms with van der Waals surface area (Å²) in [6.07, 6.45) is 0. The van der Waals surface area contributed by atoms with Gasteiger partial charge in [-0.2, -0.15) is 0 Å². The summed E-state index contributed by atoms with van der Waals surface area (Å²) in [5.41, 5.74) is 2.04. The Labute approximate surface area is 150 Å².